The van der Waals surface area contributed by atoms with Gasteiger partial charge in [0.15, 0.2) is 0 Å². The lowest BCUT2D eigenvalue weighted by Gasteiger charge is -2.19. The Hall–Kier alpha value is -1.51. The molecule has 76 valence electrons. The summed E-state index contributed by atoms with van der Waals surface area (Å²) in [6, 6.07) is 4.85. The first-order valence-electron chi connectivity index (χ1n) is 4.35. The summed E-state index contributed by atoms with van der Waals surface area (Å²) in [5.41, 5.74) is -0.120. The second-order valence-electron chi connectivity index (χ2n) is 3.72. The molecular formula is C11H14O3. The van der Waals surface area contributed by atoms with E-state index in [-0.39, 0.29) is 5.75 Å². The minimum Gasteiger partial charge on any atom is -0.508 e. The van der Waals surface area contributed by atoms with Gasteiger partial charge < -0.3 is 14.6 Å². The maximum Gasteiger partial charge on any atom is 0.130 e. The van der Waals surface area contributed by atoms with Crippen LogP contribution in [0, 0.1) is 0 Å². The molecule has 0 unspecified atom stereocenters. The molecule has 0 fully saturated rings. The molecule has 0 amide bonds. The van der Waals surface area contributed by atoms with E-state index in [1.54, 1.807) is 33.1 Å². The molecule has 0 bridgehead atoms. The van der Waals surface area contributed by atoms with E-state index < -0.39 is 5.41 Å². The molecule has 0 aromatic heterocycles. The number of phenols is 1. The van der Waals surface area contributed by atoms with E-state index in [2.05, 4.69) is 0 Å². The summed E-state index contributed by atoms with van der Waals surface area (Å²) in [6.07, 6.45) is 0.807. The van der Waals surface area contributed by atoms with Gasteiger partial charge in [0.25, 0.3) is 0 Å². The van der Waals surface area contributed by atoms with E-state index in [9.17, 15) is 9.90 Å². The van der Waals surface area contributed by atoms with Crippen molar-refractivity contribution in [3.63, 3.8) is 0 Å². The molecule has 0 radical (unpaired) electrons. The van der Waals surface area contributed by atoms with Crippen LogP contribution in [0.2, 0.25) is 0 Å². The fourth-order valence-electron chi connectivity index (χ4n) is 1.22. The van der Waals surface area contributed by atoms with E-state index in [1.807, 2.05) is 0 Å². The maximum atomic E-state index is 10.8. The fraction of sp³-hybridized carbons (Fsp3) is 0.364. The van der Waals surface area contributed by atoms with Crippen LogP contribution < -0.4 is 4.74 Å². The van der Waals surface area contributed by atoms with Crippen molar-refractivity contribution in [2.45, 2.75) is 19.3 Å². The predicted octanol–water partition coefficient (Wildman–Crippen LogP) is 1.88. The van der Waals surface area contributed by atoms with Crippen molar-refractivity contribution in [2.75, 3.05) is 7.11 Å². The predicted molar refractivity (Wildman–Crippen MR) is 53.7 cm³/mol. The Morgan fingerprint density at radius 3 is 2.57 bits per heavy atom. The minimum atomic E-state index is -0.696. The summed E-state index contributed by atoms with van der Waals surface area (Å²) in [6.45, 7) is 3.49. The molecule has 0 aliphatic heterocycles. The Kier molecular flexibility index (Phi) is 2.79. The third kappa shape index (κ3) is 1.87. The van der Waals surface area contributed by atoms with Crippen LogP contribution in [0.4, 0.5) is 0 Å². The molecular weight excluding hydrogens is 180 g/mol. The lowest BCUT2D eigenvalue weighted by molar-refractivity contribution is -0.111. The van der Waals surface area contributed by atoms with Gasteiger partial charge in [-0.2, -0.15) is 0 Å². The Labute approximate surface area is 83.3 Å². The van der Waals surface area contributed by atoms with Gasteiger partial charge in [-0.15, -0.1) is 0 Å². The second-order valence-corrected chi connectivity index (χ2v) is 3.72. The molecule has 1 aromatic carbocycles. The zero-order valence-corrected chi connectivity index (χ0v) is 8.57. The van der Waals surface area contributed by atoms with Crippen LogP contribution in [0.15, 0.2) is 18.2 Å². The Morgan fingerprint density at radius 1 is 1.43 bits per heavy atom. The standard InChI is InChI=1S/C11H14O3/c1-11(2,7-12)9-6-8(14-3)4-5-10(9)13/h4-7,13H,1-3H3. The van der Waals surface area contributed by atoms with Crippen LogP contribution in [0.25, 0.3) is 0 Å². The molecule has 1 aromatic rings. The van der Waals surface area contributed by atoms with Crippen molar-refractivity contribution in [2.24, 2.45) is 0 Å². The molecule has 14 heavy (non-hydrogen) atoms. The number of aldehydes is 1. The lowest BCUT2D eigenvalue weighted by Crippen LogP contribution is -2.18. The SMILES string of the molecule is COc1ccc(O)c(C(C)(C)C=O)c1. The van der Waals surface area contributed by atoms with Crippen LogP contribution in [0.5, 0.6) is 11.5 Å². The van der Waals surface area contributed by atoms with Crippen molar-refractivity contribution >= 4 is 6.29 Å². The largest absolute Gasteiger partial charge is 0.508 e. The highest BCUT2D eigenvalue weighted by molar-refractivity contribution is 5.69. The monoisotopic (exact) mass is 194 g/mol. The third-order valence-electron chi connectivity index (χ3n) is 2.19. The summed E-state index contributed by atoms with van der Waals surface area (Å²) in [4.78, 5) is 10.8. The summed E-state index contributed by atoms with van der Waals surface area (Å²) >= 11 is 0. The van der Waals surface area contributed by atoms with Crippen molar-refractivity contribution < 1.29 is 14.6 Å². The highest BCUT2D eigenvalue weighted by Gasteiger charge is 2.23. The van der Waals surface area contributed by atoms with Gasteiger partial charge in [-0.25, -0.2) is 0 Å². The van der Waals surface area contributed by atoms with Crippen LogP contribution in [0.3, 0.4) is 0 Å². The number of carbonyl (C=O) groups excluding carboxylic acids is 1. The summed E-state index contributed by atoms with van der Waals surface area (Å²) in [5.74, 6) is 0.746. The molecule has 0 atom stereocenters. The van der Waals surface area contributed by atoms with Gasteiger partial charge in [0.05, 0.1) is 7.11 Å². The first kappa shape index (κ1) is 10.6. The number of hydrogen-bond donors (Lipinski definition) is 1. The van der Waals surface area contributed by atoms with Gasteiger partial charge in [0, 0.05) is 11.0 Å². The normalized spacial score (nSPS) is 11.1. The topological polar surface area (TPSA) is 46.5 Å². The van der Waals surface area contributed by atoms with Gasteiger partial charge in [-0.3, -0.25) is 0 Å². The Morgan fingerprint density at radius 2 is 2.07 bits per heavy atom. The lowest BCUT2D eigenvalue weighted by atomic mass is 9.85. The van der Waals surface area contributed by atoms with Gasteiger partial charge >= 0.3 is 0 Å². The smallest absolute Gasteiger partial charge is 0.130 e. The molecule has 0 aliphatic rings. The van der Waals surface area contributed by atoms with Crippen LogP contribution >= 0.6 is 0 Å². The second kappa shape index (κ2) is 3.70. The first-order chi connectivity index (χ1) is 6.51. The van der Waals surface area contributed by atoms with E-state index in [4.69, 9.17) is 4.74 Å². The number of carbonyl (C=O) groups is 1. The zero-order chi connectivity index (χ0) is 10.8. The number of benzene rings is 1. The van der Waals surface area contributed by atoms with E-state index in [0.29, 0.717) is 11.3 Å². The van der Waals surface area contributed by atoms with Crippen molar-refractivity contribution in [1.82, 2.24) is 0 Å². The quantitative estimate of drug-likeness (QED) is 0.747. The fourth-order valence-corrected chi connectivity index (χ4v) is 1.22. The van der Waals surface area contributed by atoms with Crippen molar-refractivity contribution in [3.05, 3.63) is 23.8 Å². The number of methoxy groups -OCH3 is 1. The summed E-state index contributed by atoms with van der Waals surface area (Å²) < 4.78 is 5.02. The Bertz CT molecular complexity index is 342. The van der Waals surface area contributed by atoms with Gasteiger partial charge in [-0.1, -0.05) is 0 Å². The maximum absolute atomic E-state index is 10.8. The molecule has 1 rings (SSSR count). The van der Waals surface area contributed by atoms with Crippen LogP contribution in [0.1, 0.15) is 19.4 Å². The first-order valence-corrected chi connectivity index (χ1v) is 4.35. The highest BCUT2D eigenvalue weighted by atomic mass is 16.5. The molecule has 0 aliphatic carbocycles. The Balaban J connectivity index is 3.25. The third-order valence-corrected chi connectivity index (χ3v) is 2.19. The molecule has 0 saturated heterocycles. The van der Waals surface area contributed by atoms with E-state index in [1.165, 1.54) is 6.07 Å². The molecule has 3 heteroatoms. The number of rotatable bonds is 3. The van der Waals surface area contributed by atoms with E-state index in [0.717, 1.165) is 6.29 Å². The summed E-state index contributed by atoms with van der Waals surface area (Å²) in [7, 11) is 1.55. The number of aromatic hydroxyl groups is 1. The van der Waals surface area contributed by atoms with Gasteiger partial charge in [0.1, 0.15) is 17.8 Å². The average molecular weight is 194 g/mol. The minimum absolute atomic E-state index is 0.114. The average Bonchev–Trinajstić information content (AvgIpc) is 2.18. The molecule has 3 nitrogen and oxygen atoms in total. The van der Waals surface area contributed by atoms with Gasteiger partial charge in [-0.05, 0) is 32.0 Å². The van der Waals surface area contributed by atoms with Crippen molar-refractivity contribution in [1.29, 1.82) is 0 Å². The van der Waals surface area contributed by atoms with E-state index >= 15 is 0 Å². The number of hydrogen-bond acceptors (Lipinski definition) is 3. The van der Waals surface area contributed by atoms with Crippen LogP contribution in [-0.2, 0) is 10.2 Å². The zero-order valence-electron chi connectivity index (χ0n) is 8.57. The molecule has 1 N–H and O–H groups in total. The number of phenolic OH excluding ortho intramolecular Hbond substituents is 1. The van der Waals surface area contributed by atoms with Gasteiger partial charge in [0.2, 0.25) is 0 Å². The molecule has 0 heterocycles. The molecule has 0 spiro atoms. The van der Waals surface area contributed by atoms with Crippen LogP contribution in [-0.4, -0.2) is 18.5 Å². The van der Waals surface area contributed by atoms with Crippen molar-refractivity contribution in [3.8, 4) is 11.5 Å². The highest BCUT2D eigenvalue weighted by Crippen LogP contribution is 2.32. The molecule has 0 saturated carbocycles. The number of ether oxygens (including phenoxy) is 1. The summed E-state index contributed by atoms with van der Waals surface area (Å²) in [5, 5.41) is 9.58.